The van der Waals surface area contributed by atoms with Crippen LogP contribution in [0.3, 0.4) is 0 Å². The van der Waals surface area contributed by atoms with E-state index in [0.29, 0.717) is 30.8 Å². The number of carboxylic acid groups (broad SMARTS) is 1. The van der Waals surface area contributed by atoms with Crippen molar-refractivity contribution in [3.8, 4) is 17.2 Å². The molecule has 1 heterocycles. The number of carboxylic acids is 1. The van der Waals surface area contributed by atoms with E-state index in [-0.39, 0.29) is 0 Å². The SMILES string of the molecule is CCCCc1cc2c(c(C(=O)O)c1CCOc1ccccc1)Cc1ccccc1O2. The van der Waals surface area contributed by atoms with Crippen molar-refractivity contribution < 1.29 is 19.4 Å². The van der Waals surface area contributed by atoms with Gasteiger partial charge in [0, 0.05) is 18.4 Å². The van der Waals surface area contributed by atoms with Crippen LogP contribution in [-0.2, 0) is 19.3 Å². The van der Waals surface area contributed by atoms with Gasteiger partial charge in [-0.15, -0.1) is 0 Å². The number of para-hydroxylation sites is 2. The van der Waals surface area contributed by atoms with E-state index in [9.17, 15) is 9.90 Å². The van der Waals surface area contributed by atoms with Crippen LogP contribution < -0.4 is 9.47 Å². The third-order valence-corrected chi connectivity index (χ3v) is 5.53. The quantitative estimate of drug-likeness (QED) is 0.390. The van der Waals surface area contributed by atoms with Gasteiger partial charge in [-0.1, -0.05) is 49.7 Å². The van der Waals surface area contributed by atoms with Crippen molar-refractivity contribution in [2.75, 3.05) is 6.61 Å². The van der Waals surface area contributed by atoms with E-state index in [0.717, 1.165) is 53.0 Å². The number of ether oxygens (including phenoxy) is 2. The maximum atomic E-state index is 12.4. The summed E-state index contributed by atoms with van der Waals surface area (Å²) in [7, 11) is 0. The van der Waals surface area contributed by atoms with Crippen molar-refractivity contribution in [2.45, 2.75) is 39.0 Å². The molecule has 3 aromatic rings. The number of carbonyl (C=O) groups is 1. The summed E-state index contributed by atoms with van der Waals surface area (Å²) in [4.78, 5) is 12.4. The molecule has 1 aliphatic rings. The van der Waals surface area contributed by atoms with E-state index in [1.165, 1.54) is 0 Å². The molecule has 0 aliphatic carbocycles. The van der Waals surface area contributed by atoms with E-state index >= 15 is 0 Å². The number of aromatic carboxylic acids is 1. The van der Waals surface area contributed by atoms with E-state index < -0.39 is 5.97 Å². The Labute approximate surface area is 177 Å². The van der Waals surface area contributed by atoms with E-state index in [1.807, 2.05) is 60.7 Å². The fraction of sp³-hybridized carbons (Fsp3) is 0.269. The number of benzene rings is 3. The lowest BCUT2D eigenvalue weighted by molar-refractivity contribution is 0.0693. The minimum atomic E-state index is -0.901. The normalized spacial score (nSPS) is 11.9. The molecule has 154 valence electrons. The van der Waals surface area contributed by atoms with Gasteiger partial charge in [-0.25, -0.2) is 4.79 Å². The number of aryl methyl sites for hydroxylation is 1. The van der Waals surface area contributed by atoms with Crippen LogP contribution in [0.1, 0.15) is 52.4 Å². The Hall–Kier alpha value is -3.27. The van der Waals surface area contributed by atoms with Crippen LogP contribution in [0, 0.1) is 0 Å². The first-order chi connectivity index (χ1) is 14.7. The molecule has 0 fully saturated rings. The summed E-state index contributed by atoms with van der Waals surface area (Å²) in [6, 6.07) is 19.5. The number of hydrogen-bond donors (Lipinski definition) is 1. The van der Waals surface area contributed by atoms with Gasteiger partial charge in [0.25, 0.3) is 0 Å². The predicted molar refractivity (Wildman–Crippen MR) is 117 cm³/mol. The van der Waals surface area contributed by atoms with Crippen LogP contribution in [0.25, 0.3) is 0 Å². The Kier molecular flexibility index (Phi) is 6.03. The highest BCUT2D eigenvalue weighted by Crippen LogP contribution is 2.41. The second-order valence-corrected chi connectivity index (χ2v) is 7.57. The summed E-state index contributed by atoms with van der Waals surface area (Å²) in [6.45, 7) is 2.57. The molecule has 0 saturated carbocycles. The summed E-state index contributed by atoms with van der Waals surface area (Å²) < 4.78 is 12.0. The van der Waals surface area contributed by atoms with Gasteiger partial charge in [0.05, 0.1) is 12.2 Å². The van der Waals surface area contributed by atoms with Gasteiger partial charge in [-0.3, -0.25) is 0 Å². The maximum absolute atomic E-state index is 12.4. The minimum Gasteiger partial charge on any atom is -0.493 e. The molecule has 0 aromatic heterocycles. The Morgan fingerprint density at radius 1 is 1.03 bits per heavy atom. The zero-order valence-electron chi connectivity index (χ0n) is 17.2. The van der Waals surface area contributed by atoms with Gasteiger partial charge < -0.3 is 14.6 Å². The van der Waals surface area contributed by atoms with E-state index in [4.69, 9.17) is 9.47 Å². The molecule has 0 spiro atoms. The molecule has 1 aliphatic heterocycles. The van der Waals surface area contributed by atoms with Gasteiger partial charge in [-0.2, -0.15) is 0 Å². The molecule has 4 nitrogen and oxygen atoms in total. The second-order valence-electron chi connectivity index (χ2n) is 7.57. The zero-order chi connectivity index (χ0) is 20.9. The van der Waals surface area contributed by atoms with Gasteiger partial charge in [-0.05, 0) is 53.8 Å². The molecule has 0 atom stereocenters. The number of fused-ring (bicyclic) bond motifs is 2. The molecule has 0 amide bonds. The summed E-state index contributed by atoms with van der Waals surface area (Å²) in [6.07, 6.45) is 3.98. The first kappa shape index (κ1) is 20.0. The highest BCUT2D eigenvalue weighted by molar-refractivity contribution is 5.93. The van der Waals surface area contributed by atoms with Crippen LogP contribution in [0.15, 0.2) is 60.7 Å². The average Bonchev–Trinajstić information content (AvgIpc) is 2.76. The third kappa shape index (κ3) is 4.18. The van der Waals surface area contributed by atoms with Gasteiger partial charge in [0.15, 0.2) is 0 Å². The van der Waals surface area contributed by atoms with Crippen molar-refractivity contribution in [1.29, 1.82) is 0 Å². The van der Waals surface area contributed by atoms with Gasteiger partial charge >= 0.3 is 5.97 Å². The first-order valence-electron chi connectivity index (χ1n) is 10.5. The molecular formula is C26H26O4. The fourth-order valence-electron chi connectivity index (χ4n) is 4.04. The lowest BCUT2D eigenvalue weighted by Gasteiger charge is -2.25. The molecule has 4 heteroatoms. The summed E-state index contributed by atoms with van der Waals surface area (Å²) in [5, 5.41) is 10.1. The highest BCUT2D eigenvalue weighted by Gasteiger charge is 2.27. The van der Waals surface area contributed by atoms with Crippen LogP contribution in [0.5, 0.6) is 17.2 Å². The average molecular weight is 402 g/mol. The van der Waals surface area contributed by atoms with E-state index in [2.05, 4.69) is 6.92 Å². The fourth-order valence-corrected chi connectivity index (χ4v) is 4.04. The largest absolute Gasteiger partial charge is 0.493 e. The van der Waals surface area contributed by atoms with Crippen molar-refractivity contribution in [3.63, 3.8) is 0 Å². The molecule has 0 radical (unpaired) electrons. The molecule has 3 aromatic carbocycles. The third-order valence-electron chi connectivity index (χ3n) is 5.53. The first-order valence-corrected chi connectivity index (χ1v) is 10.5. The van der Waals surface area contributed by atoms with Crippen LogP contribution in [0.4, 0.5) is 0 Å². The Bertz CT molecular complexity index is 1040. The Morgan fingerprint density at radius 3 is 2.57 bits per heavy atom. The molecule has 0 unspecified atom stereocenters. The van der Waals surface area contributed by atoms with Crippen molar-refractivity contribution >= 4 is 5.97 Å². The molecule has 4 rings (SSSR count). The number of hydrogen-bond acceptors (Lipinski definition) is 3. The maximum Gasteiger partial charge on any atom is 0.336 e. The standard InChI is InChI=1S/C26H26O4/c1-2-3-9-18-17-24-22(16-19-10-7-8-13-23(19)30-24)25(26(27)28)21(18)14-15-29-20-11-5-4-6-12-20/h4-8,10-13,17H,2-3,9,14-16H2,1H3,(H,27,28). The monoisotopic (exact) mass is 402 g/mol. The second kappa shape index (κ2) is 9.04. The minimum absolute atomic E-state index is 0.379. The summed E-state index contributed by atoms with van der Waals surface area (Å²) >= 11 is 0. The molecule has 30 heavy (non-hydrogen) atoms. The summed E-state index contributed by atoms with van der Waals surface area (Å²) in [5.41, 5.74) is 4.07. The van der Waals surface area contributed by atoms with Crippen LogP contribution in [0.2, 0.25) is 0 Å². The molecule has 0 saturated heterocycles. The lowest BCUT2D eigenvalue weighted by Crippen LogP contribution is -2.17. The lowest BCUT2D eigenvalue weighted by atomic mass is 9.87. The van der Waals surface area contributed by atoms with Gasteiger partial charge in [0.2, 0.25) is 0 Å². The molecule has 1 N–H and O–H groups in total. The number of rotatable bonds is 8. The Balaban J connectivity index is 1.70. The topological polar surface area (TPSA) is 55.8 Å². The van der Waals surface area contributed by atoms with Crippen molar-refractivity contribution in [3.05, 3.63) is 88.5 Å². The van der Waals surface area contributed by atoms with Crippen molar-refractivity contribution in [2.24, 2.45) is 0 Å². The van der Waals surface area contributed by atoms with Crippen LogP contribution in [-0.4, -0.2) is 17.7 Å². The van der Waals surface area contributed by atoms with Gasteiger partial charge in [0.1, 0.15) is 17.2 Å². The smallest absolute Gasteiger partial charge is 0.336 e. The number of unbranched alkanes of at least 4 members (excludes halogenated alkanes) is 1. The zero-order valence-corrected chi connectivity index (χ0v) is 17.2. The Morgan fingerprint density at radius 2 is 1.80 bits per heavy atom. The highest BCUT2D eigenvalue weighted by atomic mass is 16.5. The predicted octanol–water partition coefficient (Wildman–Crippen LogP) is 6.05. The molecular weight excluding hydrogens is 376 g/mol. The van der Waals surface area contributed by atoms with Crippen molar-refractivity contribution in [1.82, 2.24) is 0 Å². The summed E-state index contributed by atoms with van der Waals surface area (Å²) in [5.74, 6) is 1.37. The van der Waals surface area contributed by atoms with E-state index in [1.54, 1.807) is 0 Å². The molecule has 0 bridgehead atoms. The van der Waals surface area contributed by atoms with Crippen LogP contribution >= 0.6 is 0 Å².